The molecule has 0 saturated heterocycles. The van der Waals surface area contributed by atoms with Crippen LogP contribution in [0.4, 0.5) is 0 Å². The van der Waals surface area contributed by atoms with E-state index in [2.05, 4.69) is 16.4 Å². The SMILES string of the molecule is CNC1CCCc2sc(Cc3ccc(OC)nc3)nc21. The van der Waals surface area contributed by atoms with E-state index in [9.17, 15) is 0 Å². The number of methoxy groups -OCH3 is 1. The van der Waals surface area contributed by atoms with Crippen molar-refractivity contribution in [1.82, 2.24) is 15.3 Å². The van der Waals surface area contributed by atoms with E-state index in [0.717, 1.165) is 6.42 Å². The normalized spacial score (nSPS) is 17.8. The molecule has 2 heterocycles. The van der Waals surface area contributed by atoms with Gasteiger partial charge in [-0.25, -0.2) is 9.97 Å². The Hall–Kier alpha value is -1.46. The maximum atomic E-state index is 5.08. The second-order valence-corrected chi connectivity index (χ2v) is 6.20. The molecular weight excluding hydrogens is 270 g/mol. The van der Waals surface area contributed by atoms with Crippen molar-refractivity contribution in [3.63, 3.8) is 0 Å². The fourth-order valence-electron chi connectivity index (χ4n) is 2.64. The van der Waals surface area contributed by atoms with Crippen LogP contribution in [0.3, 0.4) is 0 Å². The van der Waals surface area contributed by atoms with Crippen LogP contribution in [0.15, 0.2) is 18.3 Å². The summed E-state index contributed by atoms with van der Waals surface area (Å²) in [7, 11) is 3.65. The van der Waals surface area contributed by atoms with Crippen LogP contribution < -0.4 is 10.1 Å². The summed E-state index contributed by atoms with van der Waals surface area (Å²) in [5.74, 6) is 0.655. The van der Waals surface area contributed by atoms with Gasteiger partial charge >= 0.3 is 0 Å². The van der Waals surface area contributed by atoms with Crippen molar-refractivity contribution >= 4 is 11.3 Å². The van der Waals surface area contributed by atoms with E-state index < -0.39 is 0 Å². The lowest BCUT2D eigenvalue weighted by atomic mass is 9.98. The summed E-state index contributed by atoms with van der Waals surface area (Å²) in [6.07, 6.45) is 6.34. The quantitative estimate of drug-likeness (QED) is 0.940. The third-order valence-electron chi connectivity index (χ3n) is 3.71. The molecule has 1 aliphatic carbocycles. The van der Waals surface area contributed by atoms with Gasteiger partial charge in [-0.2, -0.15) is 0 Å². The molecule has 1 atom stereocenters. The molecule has 0 spiro atoms. The summed E-state index contributed by atoms with van der Waals surface area (Å²) in [6, 6.07) is 4.39. The molecule has 0 radical (unpaired) electrons. The maximum Gasteiger partial charge on any atom is 0.212 e. The smallest absolute Gasteiger partial charge is 0.212 e. The van der Waals surface area contributed by atoms with E-state index in [0.29, 0.717) is 11.9 Å². The van der Waals surface area contributed by atoms with E-state index in [1.165, 1.54) is 40.4 Å². The number of thiazole rings is 1. The van der Waals surface area contributed by atoms with Gasteiger partial charge in [-0.3, -0.25) is 0 Å². The average molecular weight is 289 g/mol. The van der Waals surface area contributed by atoms with E-state index in [1.807, 2.05) is 30.6 Å². The van der Waals surface area contributed by atoms with Crippen molar-refractivity contribution < 1.29 is 4.74 Å². The van der Waals surface area contributed by atoms with Crippen LogP contribution in [0.25, 0.3) is 0 Å². The van der Waals surface area contributed by atoms with E-state index in [-0.39, 0.29) is 0 Å². The Kier molecular flexibility index (Phi) is 3.98. The zero-order valence-electron chi connectivity index (χ0n) is 11.8. The standard InChI is InChI=1S/C15H19N3OS/c1-16-11-4-3-5-12-15(11)18-14(20-12)8-10-6-7-13(19-2)17-9-10/h6-7,9,11,16H,3-5,8H2,1-2H3. The lowest BCUT2D eigenvalue weighted by Crippen LogP contribution is -2.21. The first-order chi connectivity index (χ1) is 9.80. The first kappa shape index (κ1) is 13.5. The van der Waals surface area contributed by atoms with Gasteiger partial charge in [0.25, 0.3) is 0 Å². The third kappa shape index (κ3) is 2.69. The van der Waals surface area contributed by atoms with E-state index >= 15 is 0 Å². The second-order valence-electron chi connectivity index (χ2n) is 5.04. The monoisotopic (exact) mass is 289 g/mol. The highest BCUT2D eigenvalue weighted by Gasteiger charge is 2.23. The van der Waals surface area contributed by atoms with Gasteiger partial charge < -0.3 is 10.1 Å². The molecule has 5 heteroatoms. The van der Waals surface area contributed by atoms with Crippen LogP contribution >= 0.6 is 11.3 Å². The van der Waals surface area contributed by atoms with Gasteiger partial charge in [0.15, 0.2) is 0 Å². The van der Waals surface area contributed by atoms with Gasteiger partial charge in [-0.15, -0.1) is 11.3 Å². The van der Waals surface area contributed by atoms with Crippen molar-refractivity contribution in [1.29, 1.82) is 0 Å². The van der Waals surface area contributed by atoms with Crippen LogP contribution in [0.1, 0.15) is 40.0 Å². The molecule has 3 rings (SSSR count). The third-order valence-corrected chi connectivity index (χ3v) is 4.84. The number of ether oxygens (including phenoxy) is 1. The molecule has 0 aliphatic heterocycles. The minimum absolute atomic E-state index is 0.428. The van der Waals surface area contributed by atoms with Gasteiger partial charge in [0.2, 0.25) is 5.88 Å². The number of fused-ring (bicyclic) bond motifs is 1. The van der Waals surface area contributed by atoms with Crippen molar-refractivity contribution in [2.24, 2.45) is 0 Å². The Balaban J connectivity index is 1.79. The lowest BCUT2D eigenvalue weighted by Gasteiger charge is -2.19. The summed E-state index contributed by atoms with van der Waals surface area (Å²) >= 11 is 1.85. The molecule has 0 bridgehead atoms. The minimum atomic E-state index is 0.428. The fourth-order valence-corrected chi connectivity index (χ4v) is 3.84. The number of rotatable bonds is 4. The molecule has 1 N–H and O–H groups in total. The van der Waals surface area contributed by atoms with E-state index in [1.54, 1.807) is 7.11 Å². The molecule has 2 aromatic heterocycles. The van der Waals surface area contributed by atoms with Crippen LogP contribution in [0, 0.1) is 0 Å². The van der Waals surface area contributed by atoms with Crippen LogP contribution in [0.2, 0.25) is 0 Å². The number of nitrogens with one attached hydrogen (secondary N) is 1. The lowest BCUT2D eigenvalue weighted by molar-refractivity contribution is 0.397. The highest BCUT2D eigenvalue weighted by Crippen LogP contribution is 2.33. The second kappa shape index (κ2) is 5.89. The Morgan fingerprint density at radius 3 is 3.05 bits per heavy atom. The number of pyridine rings is 1. The first-order valence-electron chi connectivity index (χ1n) is 6.95. The minimum Gasteiger partial charge on any atom is -0.481 e. The summed E-state index contributed by atoms with van der Waals surface area (Å²) in [4.78, 5) is 10.5. The Bertz CT molecular complexity index is 579. The molecular formula is C15H19N3OS. The van der Waals surface area contributed by atoms with Crippen LogP contribution in [-0.2, 0) is 12.8 Å². The zero-order chi connectivity index (χ0) is 13.9. The zero-order valence-corrected chi connectivity index (χ0v) is 12.7. The number of hydrogen-bond donors (Lipinski definition) is 1. The molecule has 4 nitrogen and oxygen atoms in total. The van der Waals surface area contributed by atoms with Crippen LogP contribution in [-0.4, -0.2) is 24.1 Å². The van der Waals surface area contributed by atoms with Gasteiger partial charge in [0.05, 0.1) is 23.9 Å². The van der Waals surface area contributed by atoms with Crippen molar-refractivity contribution in [2.45, 2.75) is 31.7 Å². The molecule has 2 aromatic rings. The molecule has 106 valence electrons. The number of nitrogens with zero attached hydrogens (tertiary/aromatic N) is 2. The topological polar surface area (TPSA) is 47.0 Å². The van der Waals surface area contributed by atoms with Crippen molar-refractivity contribution in [3.05, 3.63) is 39.5 Å². The Morgan fingerprint density at radius 2 is 2.35 bits per heavy atom. The summed E-state index contributed by atoms with van der Waals surface area (Å²) < 4.78 is 5.08. The number of aryl methyl sites for hydroxylation is 1. The Morgan fingerprint density at radius 1 is 1.45 bits per heavy atom. The van der Waals surface area contributed by atoms with Gasteiger partial charge in [0.1, 0.15) is 0 Å². The van der Waals surface area contributed by atoms with Crippen molar-refractivity contribution in [2.75, 3.05) is 14.2 Å². The fraction of sp³-hybridized carbons (Fsp3) is 0.467. The summed E-state index contributed by atoms with van der Waals surface area (Å²) in [6.45, 7) is 0. The van der Waals surface area contributed by atoms with Gasteiger partial charge in [-0.1, -0.05) is 6.07 Å². The number of hydrogen-bond acceptors (Lipinski definition) is 5. The average Bonchev–Trinajstić information content (AvgIpc) is 2.90. The Labute approximate surface area is 123 Å². The van der Waals surface area contributed by atoms with Gasteiger partial charge in [0, 0.05) is 23.6 Å². The summed E-state index contributed by atoms with van der Waals surface area (Å²) in [5, 5.41) is 4.55. The maximum absolute atomic E-state index is 5.08. The van der Waals surface area contributed by atoms with Crippen molar-refractivity contribution in [3.8, 4) is 5.88 Å². The van der Waals surface area contributed by atoms with Crippen LogP contribution in [0.5, 0.6) is 5.88 Å². The largest absolute Gasteiger partial charge is 0.481 e. The highest BCUT2D eigenvalue weighted by molar-refractivity contribution is 7.11. The molecule has 0 aromatic carbocycles. The molecule has 1 unspecified atom stereocenters. The molecule has 0 saturated carbocycles. The first-order valence-corrected chi connectivity index (χ1v) is 7.76. The molecule has 0 fully saturated rings. The molecule has 0 amide bonds. The highest BCUT2D eigenvalue weighted by atomic mass is 32.1. The number of aromatic nitrogens is 2. The van der Waals surface area contributed by atoms with Gasteiger partial charge in [-0.05, 0) is 31.9 Å². The summed E-state index contributed by atoms with van der Waals surface area (Å²) in [5.41, 5.74) is 2.44. The molecule has 20 heavy (non-hydrogen) atoms. The molecule has 1 aliphatic rings. The van der Waals surface area contributed by atoms with E-state index in [4.69, 9.17) is 9.72 Å². The predicted molar refractivity (Wildman–Crippen MR) is 80.4 cm³/mol. The predicted octanol–water partition coefficient (Wildman–Crippen LogP) is 2.73.